The van der Waals surface area contributed by atoms with E-state index in [1.807, 2.05) is 49.4 Å². The molecule has 0 aliphatic heterocycles. The summed E-state index contributed by atoms with van der Waals surface area (Å²) in [4.78, 5) is 16.6. The quantitative estimate of drug-likeness (QED) is 0.653. The summed E-state index contributed by atoms with van der Waals surface area (Å²) < 4.78 is 12.6. The zero-order valence-electron chi connectivity index (χ0n) is 15.7. The zero-order chi connectivity index (χ0) is 19.2. The summed E-state index contributed by atoms with van der Waals surface area (Å²) in [5.41, 5.74) is 2.90. The average molecular weight is 365 g/mol. The standard InChI is InChI=1S/C21H23N3O3/c1-15-23-17-6-4-5-7-18(17)24(15)13-12-22-21(25)11-9-16-8-10-19(26-2)20(14-16)27-3/h4-11,14H,12-13H2,1-3H3,(H,22,25)/b11-9+. The number of hydrogen-bond donors (Lipinski definition) is 1. The van der Waals surface area contributed by atoms with E-state index in [1.165, 1.54) is 6.08 Å². The Morgan fingerprint density at radius 3 is 2.70 bits per heavy atom. The van der Waals surface area contributed by atoms with E-state index in [1.54, 1.807) is 20.3 Å². The number of ether oxygens (including phenoxy) is 2. The Balaban J connectivity index is 1.58. The molecule has 0 radical (unpaired) electrons. The van der Waals surface area contributed by atoms with Crippen LogP contribution in [0.1, 0.15) is 11.4 Å². The fraction of sp³-hybridized carbons (Fsp3) is 0.238. The average Bonchev–Trinajstić information content (AvgIpc) is 3.01. The van der Waals surface area contributed by atoms with Gasteiger partial charge in [-0.25, -0.2) is 4.98 Å². The van der Waals surface area contributed by atoms with E-state index in [9.17, 15) is 4.79 Å². The first-order valence-corrected chi connectivity index (χ1v) is 8.72. The van der Waals surface area contributed by atoms with Crippen LogP contribution < -0.4 is 14.8 Å². The van der Waals surface area contributed by atoms with Crippen molar-refractivity contribution in [2.75, 3.05) is 20.8 Å². The van der Waals surface area contributed by atoms with Gasteiger partial charge in [-0.3, -0.25) is 4.79 Å². The van der Waals surface area contributed by atoms with Crippen LogP contribution in [0.15, 0.2) is 48.5 Å². The van der Waals surface area contributed by atoms with Crippen LogP contribution in [0, 0.1) is 6.92 Å². The SMILES string of the molecule is COc1ccc(/C=C/C(=O)NCCn2c(C)nc3ccccc32)cc1OC. The van der Waals surface area contributed by atoms with Gasteiger partial charge in [-0.1, -0.05) is 18.2 Å². The Labute approximate surface area is 158 Å². The molecule has 0 aliphatic rings. The van der Waals surface area contributed by atoms with Crippen molar-refractivity contribution in [3.63, 3.8) is 0 Å². The Morgan fingerprint density at radius 1 is 1.15 bits per heavy atom. The Hall–Kier alpha value is -3.28. The third-order valence-corrected chi connectivity index (χ3v) is 4.31. The van der Waals surface area contributed by atoms with Gasteiger partial charge in [0, 0.05) is 19.2 Å². The second kappa shape index (κ2) is 8.40. The van der Waals surface area contributed by atoms with Gasteiger partial charge in [0.05, 0.1) is 25.3 Å². The van der Waals surface area contributed by atoms with Crippen molar-refractivity contribution in [1.29, 1.82) is 0 Å². The number of methoxy groups -OCH3 is 2. The van der Waals surface area contributed by atoms with Crippen molar-refractivity contribution in [2.45, 2.75) is 13.5 Å². The van der Waals surface area contributed by atoms with Crippen molar-refractivity contribution in [3.05, 3.63) is 59.9 Å². The number of aryl methyl sites for hydroxylation is 1. The molecular weight excluding hydrogens is 342 g/mol. The first-order valence-electron chi connectivity index (χ1n) is 8.72. The lowest BCUT2D eigenvalue weighted by atomic mass is 10.2. The van der Waals surface area contributed by atoms with Gasteiger partial charge in [-0.2, -0.15) is 0 Å². The lowest BCUT2D eigenvalue weighted by molar-refractivity contribution is -0.116. The van der Waals surface area contributed by atoms with Gasteiger partial charge in [0.1, 0.15) is 5.82 Å². The maximum atomic E-state index is 12.1. The highest BCUT2D eigenvalue weighted by molar-refractivity contribution is 5.91. The van der Waals surface area contributed by atoms with Crippen molar-refractivity contribution >= 4 is 23.0 Å². The van der Waals surface area contributed by atoms with Crippen LogP contribution in [-0.2, 0) is 11.3 Å². The van der Waals surface area contributed by atoms with Crippen LogP contribution in [0.3, 0.4) is 0 Å². The molecule has 1 heterocycles. The van der Waals surface area contributed by atoms with Gasteiger partial charge in [0.25, 0.3) is 0 Å². The van der Waals surface area contributed by atoms with Gasteiger partial charge in [0.2, 0.25) is 5.91 Å². The minimum Gasteiger partial charge on any atom is -0.493 e. The molecule has 0 aliphatic carbocycles. The number of rotatable bonds is 7. The Morgan fingerprint density at radius 2 is 1.93 bits per heavy atom. The molecule has 3 rings (SSSR count). The molecule has 0 spiro atoms. The summed E-state index contributed by atoms with van der Waals surface area (Å²) in [5.74, 6) is 2.07. The van der Waals surface area contributed by atoms with Crippen LogP contribution in [0.2, 0.25) is 0 Å². The van der Waals surface area contributed by atoms with Crippen LogP contribution in [0.5, 0.6) is 11.5 Å². The lowest BCUT2D eigenvalue weighted by Gasteiger charge is -2.08. The highest BCUT2D eigenvalue weighted by atomic mass is 16.5. The molecule has 2 aromatic carbocycles. The van der Waals surface area contributed by atoms with Crippen LogP contribution in [-0.4, -0.2) is 36.2 Å². The smallest absolute Gasteiger partial charge is 0.244 e. The Kier molecular flexibility index (Phi) is 5.76. The minimum atomic E-state index is -0.146. The summed E-state index contributed by atoms with van der Waals surface area (Å²) in [7, 11) is 3.17. The van der Waals surface area contributed by atoms with Gasteiger partial charge in [-0.05, 0) is 42.8 Å². The third kappa shape index (κ3) is 4.28. The summed E-state index contributed by atoms with van der Waals surface area (Å²) in [6.07, 6.45) is 3.26. The normalized spacial score (nSPS) is 11.1. The Bertz CT molecular complexity index is 976. The third-order valence-electron chi connectivity index (χ3n) is 4.31. The number of carbonyl (C=O) groups excluding carboxylic acids is 1. The number of hydrogen-bond acceptors (Lipinski definition) is 4. The maximum absolute atomic E-state index is 12.1. The van der Waals surface area contributed by atoms with Crippen LogP contribution >= 0.6 is 0 Å². The number of aromatic nitrogens is 2. The monoisotopic (exact) mass is 365 g/mol. The fourth-order valence-electron chi connectivity index (χ4n) is 2.96. The molecule has 0 saturated carbocycles. The highest BCUT2D eigenvalue weighted by Gasteiger charge is 2.07. The molecule has 1 amide bonds. The number of imidazole rings is 1. The van der Waals surface area contributed by atoms with E-state index < -0.39 is 0 Å². The van der Waals surface area contributed by atoms with E-state index in [0.717, 1.165) is 22.4 Å². The van der Waals surface area contributed by atoms with E-state index in [4.69, 9.17) is 9.47 Å². The van der Waals surface area contributed by atoms with Crippen molar-refractivity contribution in [2.24, 2.45) is 0 Å². The topological polar surface area (TPSA) is 65.4 Å². The molecule has 3 aromatic rings. The summed E-state index contributed by atoms with van der Waals surface area (Å²) >= 11 is 0. The van der Waals surface area contributed by atoms with Gasteiger partial charge in [-0.15, -0.1) is 0 Å². The molecule has 6 nitrogen and oxygen atoms in total. The molecular formula is C21H23N3O3. The fourth-order valence-corrected chi connectivity index (χ4v) is 2.96. The summed E-state index contributed by atoms with van der Waals surface area (Å²) in [5, 5.41) is 2.90. The second-order valence-electron chi connectivity index (χ2n) is 6.04. The van der Waals surface area contributed by atoms with Gasteiger partial charge < -0.3 is 19.4 Å². The molecule has 1 N–H and O–H groups in total. The first-order chi connectivity index (χ1) is 13.1. The predicted molar refractivity (Wildman–Crippen MR) is 106 cm³/mol. The maximum Gasteiger partial charge on any atom is 0.244 e. The molecule has 0 fully saturated rings. The van der Waals surface area contributed by atoms with Crippen molar-refractivity contribution < 1.29 is 14.3 Å². The molecule has 0 atom stereocenters. The number of amides is 1. The lowest BCUT2D eigenvalue weighted by Crippen LogP contribution is -2.25. The molecule has 0 saturated heterocycles. The molecule has 140 valence electrons. The van der Waals surface area contributed by atoms with E-state index >= 15 is 0 Å². The number of nitrogens with zero attached hydrogens (tertiary/aromatic N) is 2. The van der Waals surface area contributed by atoms with E-state index in [0.29, 0.717) is 24.6 Å². The molecule has 1 aromatic heterocycles. The van der Waals surface area contributed by atoms with Crippen molar-refractivity contribution in [3.8, 4) is 11.5 Å². The van der Waals surface area contributed by atoms with Crippen LogP contribution in [0.25, 0.3) is 17.1 Å². The number of benzene rings is 2. The number of nitrogens with one attached hydrogen (secondary N) is 1. The summed E-state index contributed by atoms with van der Waals surface area (Å²) in [6, 6.07) is 13.5. The van der Waals surface area contributed by atoms with Gasteiger partial charge >= 0.3 is 0 Å². The van der Waals surface area contributed by atoms with Crippen LogP contribution in [0.4, 0.5) is 0 Å². The predicted octanol–water partition coefficient (Wildman–Crippen LogP) is 3.19. The van der Waals surface area contributed by atoms with Crippen molar-refractivity contribution in [1.82, 2.24) is 14.9 Å². The number of para-hydroxylation sites is 2. The number of carbonyl (C=O) groups is 1. The zero-order valence-corrected chi connectivity index (χ0v) is 15.7. The first kappa shape index (κ1) is 18.5. The summed E-state index contributed by atoms with van der Waals surface area (Å²) in [6.45, 7) is 3.16. The second-order valence-corrected chi connectivity index (χ2v) is 6.04. The molecule has 0 bridgehead atoms. The molecule has 6 heteroatoms. The molecule has 0 unspecified atom stereocenters. The minimum absolute atomic E-state index is 0.146. The van der Waals surface area contributed by atoms with E-state index in [2.05, 4.69) is 14.9 Å². The largest absolute Gasteiger partial charge is 0.493 e. The number of fused-ring (bicyclic) bond motifs is 1. The van der Waals surface area contributed by atoms with E-state index in [-0.39, 0.29) is 5.91 Å². The highest BCUT2D eigenvalue weighted by Crippen LogP contribution is 2.27. The molecule has 27 heavy (non-hydrogen) atoms. The van der Waals surface area contributed by atoms with Gasteiger partial charge in [0.15, 0.2) is 11.5 Å².